The molecule has 0 fully saturated rings. The number of nitrogens with zero attached hydrogens (tertiary/aromatic N) is 2. The minimum atomic E-state index is -0.189. The highest BCUT2D eigenvalue weighted by molar-refractivity contribution is 6.33. The Morgan fingerprint density at radius 2 is 1.95 bits per heavy atom. The number of hydrogen-bond donors (Lipinski definition) is 1. The normalized spacial score (nSPS) is 10.2. The molecule has 0 radical (unpaired) electrons. The lowest BCUT2D eigenvalue weighted by molar-refractivity contribution is 0.0821. The Bertz CT molecular complexity index is 644. The average molecular weight is 292 g/mol. The molecule has 0 saturated carbocycles. The lowest BCUT2D eigenvalue weighted by atomic mass is 10.3. The first-order chi connectivity index (χ1) is 9.47. The van der Waals surface area contributed by atoms with Crippen LogP contribution in [-0.4, -0.2) is 29.9 Å². The van der Waals surface area contributed by atoms with Crippen molar-refractivity contribution in [1.29, 1.82) is 0 Å². The Balaban J connectivity index is 2.23. The fraction of sp³-hybridized carbons (Fsp3) is 0.143. The SMILES string of the molecule is CN(C)C(=O)c1cc(Oc2ccc(N)c(Cl)c2)ccn1. The molecular weight excluding hydrogens is 278 g/mol. The fourth-order valence-corrected chi connectivity index (χ4v) is 1.70. The Labute approximate surface area is 121 Å². The lowest BCUT2D eigenvalue weighted by Gasteiger charge is -2.11. The molecule has 2 rings (SSSR count). The lowest BCUT2D eigenvalue weighted by Crippen LogP contribution is -2.22. The molecule has 0 bridgehead atoms. The van der Waals surface area contributed by atoms with Gasteiger partial charge in [0.25, 0.3) is 5.91 Å². The van der Waals surface area contributed by atoms with Gasteiger partial charge in [-0.25, -0.2) is 0 Å². The minimum Gasteiger partial charge on any atom is -0.457 e. The van der Waals surface area contributed by atoms with Crippen molar-refractivity contribution in [2.24, 2.45) is 0 Å². The number of carbonyl (C=O) groups is 1. The highest BCUT2D eigenvalue weighted by Gasteiger charge is 2.11. The predicted octanol–water partition coefficient (Wildman–Crippen LogP) is 2.81. The molecule has 0 aliphatic rings. The number of halogens is 1. The van der Waals surface area contributed by atoms with Crippen LogP contribution in [0.2, 0.25) is 5.02 Å². The molecule has 0 aliphatic heterocycles. The van der Waals surface area contributed by atoms with E-state index in [-0.39, 0.29) is 5.91 Å². The molecule has 1 heterocycles. The van der Waals surface area contributed by atoms with E-state index in [1.165, 1.54) is 11.1 Å². The van der Waals surface area contributed by atoms with Gasteiger partial charge >= 0.3 is 0 Å². The van der Waals surface area contributed by atoms with Crippen molar-refractivity contribution in [3.8, 4) is 11.5 Å². The standard InChI is InChI=1S/C14H14ClN3O2/c1-18(2)14(19)13-8-10(5-6-17-13)20-9-3-4-12(16)11(15)7-9/h3-8H,16H2,1-2H3. The molecule has 1 aromatic heterocycles. The second-order valence-electron chi connectivity index (χ2n) is 4.36. The molecule has 2 aromatic rings. The van der Waals surface area contributed by atoms with E-state index in [0.717, 1.165) is 0 Å². The number of pyridine rings is 1. The zero-order valence-corrected chi connectivity index (χ0v) is 11.9. The number of carbonyl (C=O) groups excluding carboxylic acids is 1. The van der Waals surface area contributed by atoms with Crippen LogP contribution in [0, 0.1) is 0 Å². The molecule has 0 saturated heterocycles. The molecule has 1 aromatic carbocycles. The zero-order valence-electron chi connectivity index (χ0n) is 11.1. The maximum atomic E-state index is 11.8. The summed E-state index contributed by atoms with van der Waals surface area (Å²) in [6.07, 6.45) is 1.52. The quantitative estimate of drug-likeness (QED) is 0.883. The minimum absolute atomic E-state index is 0.189. The first kappa shape index (κ1) is 14.1. The van der Waals surface area contributed by atoms with E-state index >= 15 is 0 Å². The van der Waals surface area contributed by atoms with Crippen LogP contribution in [0.1, 0.15) is 10.5 Å². The maximum Gasteiger partial charge on any atom is 0.272 e. The van der Waals surface area contributed by atoms with E-state index in [4.69, 9.17) is 22.1 Å². The largest absolute Gasteiger partial charge is 0.457 e. The number of aromatic nitrogens is 1. The third-order valence-electron chi connectivity index (χ3n) is 2.56. The van der Waals surface area contributed by atoms with Crippen LogP contribution in [-0.2, 0) is 0 Å². The van der Waals surface area contributed by atoms with Gasteiger partial charge in [0.15, 0.2) is 0 Å². The van der Waals surface area contributed by atoms with E-state index in [1.54, 1.807) is 44.4 Å². The average Bonchev–Trinajstić information content (AvgIpc) is 2.42. The number of nitrogens with two attached hydrogens (primary N) is 1. The van der Waals surface area contributed by atoms with Crippen molar-refractivity contribution in [3.05, 3.63) is 47.2 Å². The molecule has 2 N–H and O–H groups in total. The molecule has 0 spiro atoms. The summed E-state index contributed by atoms with van der Waals surface area (Å²) in [5, 5.41) is 0.418. The van der Waals surface area contributed by atoms with Crippen LogP contribution in [0.3, 0.4) is 0 Å². The third-order valence-corrected chi connectivity index (χ3v) is 2.89. The van der Waals surface area contributed by atoms with Crippen LogP contribution in [0.5, 0.6) is 11.5 Å². The van der Waals surface area contributed by atoms with Crippen molar-refractivity contribution >= 4 is 23.2 Å². The summed E-state index contributed by atoms with van der Waals surface area (Å²) in [6, 6.07) is 8.22. The number of anilines is 1. The van der Waals surface area contributed by atoms with E-state index in [9.17, 15) is 4.79 Å². The second-order valence-corrected chi connectivity index (χ2v) is 4.77. The Kier molecular flexibility index (Phi) is 4.10. The summed E-state index contributed by atoms with van der Waals surface area (Å²) in [5.41, 5.74) is 6.43. The Morgan fingerprint density at radius 1 is 1.25 bits per heavy atom. The Hall–Kier alpha value is -2.27. The van der Waals surface area contributed by atoms with Gasteiger partial charge in [0.1, 0.15) is 17.2 Å². The molecule has 6 heteroatoms. The van der Waals surface area contributed by atoms with Gasteiger partial charge in [-0.3, -0.25) is 9.78 Å². The van der Waals surface area contributed by atoms with E-state index in [2.05, 4.69) is 4.98 Å². The van der Waals surface area contributed by atoms with Gasteiger partial charge in [0.05, 0.1) is 10.7 Å². The van der Waals surface area contributed by atoms with Gasteiger partial charge in [0, 0.05) is 32.4 Å². The van der Waals surface area contributed by atoms with Gasteiger partial charge in [-0.1, -0.05) is 11.6 Å². The van der Waals surface area contributed by atoms with E-state index in [1.807, 2.05) is 0 Å². The van der Waals surface area contributed by atoms with Crippen molar-refractivity contribution < 1.29 is 9.53 Å². The summed E-state index contributed by atoms with van der Waals surface area (Å²) in [6.45, 7) is 0. The molecule has 0 atom stereocenters. The number of benzene rings is 1. The maximum absolute atomic E-state index is 11.8. The molecule has 0 unspecified atom stereocenters. The molecule has 5 nitrogen and oxygen atoms in total. The molecule has 104 valence electrons. The molecule has 0 aliphatic carbocycles. The topological polar surface area (TPSA) is 68.5 Å². The van der Waals surface area contributed by atoms with Crippen molar-refractivity contribution in [1.82, 2.24) is 9.88 Å². The summed E-state index contributed by atoms with van der Waals surface area (Å²) < 4.78 is 5.63. The highest BCUT2D eigenvalue weighted by Crippen LogP contribution is 2.28. The summed E-state index contributed by atoms with van der Waals surface area (Å²) in [7, 11) is 3.33. The fourth-order valence-electron chi connectivity index (χ4n) is 1.53. The second kappa shape index (κ2) is 5.79. The smallest absolute Gasteiger partial charge is 0.272 e. The predicted molar refractivity (Wildman–Crippen MR) is 78.2 cm³/mol. The number of hydrogen-bond acceptors (Lipinski definition) is 4. The van der Waals surface area contributed by atoms with Crippen LogP contribution in [0.15, 0.2) is 36.5 Å². The summed E-state index contributed by atoms with van der Waals surface area (Å²) >= 11 is 5.93. The van der Waals surface area contributed by atoms with Gasteiger partial charge in [-0.15, -0.1) is 0 Å². The monoisotopic (exact) mass is 291 g/mol. The van der Waals surface area contributed by atoms with E-state index in [0.29, 0.717) is 27.9 Å². The van der Waals surface area contributed by atoms with Gasteiger partial charge in [-0.05, 0) is 18.2 Å². The third kappa shape index (κ3) is 3.19. The van der Waals surface area contributed by atoms with Crippen molar-refractivity contribution in [2.75, 3.05) is 19.8 Å². The van der Waals surface area contributed by atoms with Crippen molar-refractivity contribution in [2.45, 2.75) is 0 Å². The van der Waals surface area contributed by atoms with Gasteiger partial charge < -0.3 is 15.4 Å². The van der Waals surface area contributed by atoms with Gasteiger partial charge in [-0.2, -0.15) is 0 Å². The van der Waals surface area contributed by atoms with E-state index < -0.39 is 0 Å². The summed E-state index contributed by atoms with van der Waals surface area (Å²) in [4.78, 5) is 17.3. The molecule has 20 heavy (non-hydrogen) atoms. The summed E-state index contributed by atoms with van der Waals surface area (Å²) in [5.74, 6) is 0.857. The first-order valence-corrected chi connectivity index (χ1v) is 6.26. The molecular formula is C14H14ClN3O2. The Morgan fingerprint density at radius 3 is 2.60 bits per heavy atom. The van der Waals surface area contributed by atoms with Crippen LogP contribution in [0.4, 0.5) is 5.69 Å². The zero-order chi connectivity index (χ0) is 14.7. The molecule has 1 amide bonds. The van der Waals surface area contributed by atoms with Crippen LogP contribution >= 0.6 is 11.6 Å². The number of rotatable bonds is 3. The highest BCUT2D eigenvalue weighted by atomic mass is 35.5. The number of amides is 1. The van der Waals surface area contributed by atoms with Crippen molar-refractivity contribution in [3.63, 3.8) is 0 Å². The van der Waals surface area contributed by atoms with Gasteiger partial charge in [0.2, 0.25) is 0 Å². The van der Waals surface area contributed by atoms with Crippen LogP contribution < -0.4 is 10.5 Å². The first-order valence-electron chi connectivity index (χ1n) is 5.88. The number of ether oxygens (including phenoxy) is 1. The number of nitrogen functional groups attached to an aromatic ring is 1. The van der Waals surface area contributed by atoms with Crippen LogP contribution in [0.25, 0.3) is 0 Å².